The van der Waals surface area contributed by atoms with Crippen LogP contribution in [-0.2, 0) is 11.2 Å². The SMILES string of the molecule is N/C=C(\NN)c1ccc(-c2ccc3c(c2)NC(=O)C3)cc1. The lowest BCUT2D eigenvalue weighted by Gasteiger charge is -2.08. The van der Waals surface area contributed by atoms with Crippen LogP contribution in [0.25, 0.3) is 16.8 Å². The van der Waals surface area contributed by atoms with Crippen molar-refractivity contribution in [1.82, 2.24) is 5.43 Å². The maximum atomic E-state index is 11.4. The second-order valence-corrected chi connectivity index (χ2v) is 4.90. The standard InChI is InChI=1S/C16H16N4O/c17-9-15(20-18)11-3-1-10(2-4-11)12-5-6-13-8-16(21)19-14(13)7-12/h1-7,9,20H,8,17-18H2,(H,19,21)/b15-9-. The van der Waals surface area contributed by atoms with Gasteiger partial charge in [0.25, 0.3) is 0 Å². The van der Waals surface area contributed by atoms with E-state index in [1.165, 1.54) is 6.20 Å². The van der Waals surface area contributed by atoms with E-state index in [0.29, 0.717) is 12.1 Å². The summed E-state index contributed by atoms with van der Waals surface area (Å²) in [5, 5.41) is 2.86. The van der Waals surface area contributed by atoms with Gasteiger partial charge in [0.05, 0.1) is 12.1 Å². The molecule has 5 nitrogen and oxygen atoms in total. The predicted octanol–water partition coefficient (Wildman–Crippen LogP) is 1.57. The van der Waals surface area contributed by atoms with E-state index in [-0.39, 0.29) is 5.91 Å². The normalized spacial score (nSPS) is 13.8. The number of hydrogen-bond acceptors (Lipinski definition) is 4. The topological polar surface area (TPSA) is 93.2 Å². The highest BCUT2D eigenvalue weighted by molar-refractivity contribution is 6.00. The fourth-order valence-electron chi connectivity index (χ4n) is 2.46. The van der Waals surface area contributed by atoms with Crippen molar-refractivity contribution >= 4 is 17.3 Å². The molecule has 0 saturated heterocycles. The summed E-state index contributed by atoms with van der Waals surface area (Å²) in [6.45, 7) is 0. The minimum atomic E-state index is 0.0456. The van der Waals surface area contributed by atoms with Gasteiger partial charge in [0.15, 0.2) is 0 Å². The number of anilines is 1. The number of hydrogen-bond donors (Lipinski definition) is 4. The van der Waals surface area contributed by atoms with Crippen LogP contribution in [0.15, 0.2) is 48.7 Å². The minimum absolute atomic E-state index is 0.0456. The van der Waals surface area contributed by atoms with Gasteiger partial charge >= 0.3 is 0 Å². The van der Waals surface area contributed by atoms with Gasteiger partial charge in [-0.2, -0.15) is 0 Å². The third-order valence-corrected chi connectivity index (χ3v) is 3.59. The molecule has 21 heavy (non-hydrogen) atoms. The van der Waals surface area contributed by atoms with Gasteiger partial charge in [-0.15, -0.1) is 0 Å². The summed E-state index contributed by atoms with van der Waals surface area (Å²) in [4.78, 5) is 11.4. The fourth-order valence-corrected chi connectivity index (χ4v) is 2.46. The molecule has 0 unspecified atom stereocenters. The summed E-state index contributed by atoms with van der Waals surface area (Å²) in [6.07, 6.45) is 1.89. The summed E-state index contributed by atoms with van der Waals surface area (Å²) in [5.74, 6) is 5.45. The Bertz CT molecular complexity index is 720. The fraction of sp³-hybridized carbons (Fsp3) is 0.0625. The molecule has 1 aliphatic rings. The smallest absolute Gasteiger partial charge is 0.228 e. The molecule has 1 aliphatic heterocycles. The molecule has 3 rings (SSSR count). The maximum Gasteiger partial charge on any atom is 0.228 e. The van der Waals surface area contributed by atoms with E-state index in [9.17, 15) is 4.79 Å². The molecule has 1 amide bonds. The molecule has 0 radical (unpaired) electrons. The first-order valence-corrected chi connectivity index (χ1v) is 6.63. The molecule has 2 aromatic carbocycles. The zero-order valence-electron chi connectivity index (χ0n) is 11.4. The Morgan fingerprint density at radius 3 is 2.52 bits per heavy atom. The molecule has 106 valence electrons. The molecule has 0 saturated carbocycles. The second kappa shape index (κ2) is 5.30. The van der Waals surface area contributed by atoms with Crippen LogP contribution in [0.4, 0.5) is 5.69 Å². The number of benzene rings is 2. The highest BCUT2D eigenvalue weighted by atomic mass is 16.1. The van der Waals surface area contributed by atoms with E-state index in [2.05, 4.69) is 10.7 Å². The van der Waals surface area contributed by atoms with Crippen LogP contribution in [0.5, 0.6) is 0 Å². The summed E-state index contributed by atoms with van der Waals surface area (Å²) in [7, 11) is 0. The highest BCUT2D eigenvalue weighted by Crippen LogP contribution is 2.29. The predicted molar refractivity (Wildman–Crippen MR) is 83.7 cm³/mol. The Morgan fingerprint density at radius 1 is 1.14 bits per heavy atom. The Morgan fingerprint density at radius 2 is 1.86 bits per heavy atom. The van der Waals surface area contributed by atoms with Crippen molar-refractivity contribution in [2.24, 2.45) is 11.6 Å². The van der Waals surface area contributed by atoms with Crippen LogP contribution in [0.2, 0.25) is 0 Å². The van der Waals surface area contributed by atoms with E-state index < -0.39 is 0 Å². The van der Waals surface area contributed by atoms with E-state index in [4.69, 9.17) is 11.6 Å². The van der Waals surface area contributed by atoms with Gasteiger partial charge in [-0.3, -0.25) is 10.6 Å². The number of hydrazine groups is 1. The van der Waals surface area contributed by atoms with E-state index in [1.54, 1.807) is 0 Å². The Balaban J connectivity index is 1.92. The summed E-state index contributed by atoms with van der Waals surface area (Å²) in [6, 6.07) is 13.9. The summed E-state index contributed by atoms with van der Waals surface area (Å²) < 4.78 is 0. The van der Waals surface area contributed by atoms with Crippen molar-refractivity contribution in [2.45, 2.75) is 6.42 Å². The average Bonchev–Trinajstić information content (AvgIpc) is 2.88. The van der Waals surface area contributed by atoms with Crippen LogP contribution < -0.4 is 22.3 Å². The summed E-state index contributed by atoms with van der Waals surface area (Å²) in [5.41, 5.74) is 13.7. The Kier molecular flexibility index (Phi) is 3.33. The number of carbonyl (C=O) groups is 1. The molecule has 0 aliphatic carbocycles. The van der Waals surface area contributed by atoms with Crippen LogP contribution in [0.1, 0.15) is 11.1 Å². The minimum Gasteiger partial charge on any atom is -0.403 e. The Hall–Kier alpha value is -2.79. The van der Waals surface area contributed by atoms with Gasteiger partial charge in [0, 0.05) is 17.5 Å². The molecule has 2 aromatic rings. The zero-order chi connectivity index (χ0) is 14.8. The van der Waals surface area contributed by atoms with Crippen LogP contribution >= 0.6 is 0 Å². The van der Waals surface area contributed by atoms with Gasteiger partial charge in [0.1, 0.15) is 0 Å². The molecule has 0 spiro atoms. The largest absolute Gasteiger partial charge is 0.403 e. The van der Waals surface area contributed by atoms with Crippen molar-refractivity contribution < 1.29 is 4.79 Å². The molecule has 1 heterocycles. The monoisotopic (exact) mass is 280 g/mol. The zero-order valence-corrected chi connectivity index (χ0v) is 11.4. The van der Waals surface area contributed by atoms with Crippen LogP contribution in [0, 0.1) is 0 Å². The van der Waals surface area contributed by atoms with Gasteiger partial charge in [0.2, 0.25) is 5.91 Å². The number of nitrogens with two attached hydrogens (primary N) is 2. The van der Waals surface area contributed by atoms with Crippen molar-refractivity contribution in [2.75, 3.05) is 5.32 Å². The highest BCUT2D eigenvalue weighted by Gasteiger charge is 2.17. The molecule has 6 N–H and O–H groups in total. The quantitative estimate of drug-likeness (QED) is 0.507. The van der Waals surface area contributed by atoms with E-state index >= 15 is 0 Å². The van der Waals surface area contributed by atoms with Crippen LogP contribution in [0.3, 0.4) is 0 Å². The number of fused-ring (bicyclic) bond motifs is 1. The lowest BCUT2D eigenvalue weighted by molar-refractivity contribution is -0.115. The van der Waals surface area contributed by atoms with Gasteiger partial charge in [-0.25, -0.2) is 0 Å². The molecule has 0 bridgehead atoms. The summed E-state index contributed by atoms with van der Waals surface area (Å²) >= 11 is 0. The van der Waals surface area contributed by atoms with Gasteiger partial charge in [-0.1, -0.05) is 36.4 Å². The Labute approximate surface area is 122 Å². The van der Waals surface area contributed by atoms with E-state index in [1.807, 2.05) is 42.5 Å². The third kappa shape index (κ3) is 2.46. The molecule has 0 aromatic heterocycles. The second-order valence-electron chi connectivity index (χ2n) is 4.90. The first-order chi connectivity index (χ1) is 10.2. The number of rotatable bonds is 3. The first kappa shape index (κ1) is 13.2. The molecular weight excluding hydrogens is 264 g/mol. The first-order valence-electron chi connectivity index (χ1n) is 6.63. The average molecular weight is 280 g/mol. The maximum absolute atomic E-state index is 11.4. The van der Waals surface area contributed by atoms with Crippen molar-refractivity contribution in [3.05, 3.63) is 59.8 Å². The van der Waals surface area contributed by atoms with Gasteiger partial charge in [-0.05, 0) is 22.8 Å². The van der Waals surface area contributed by atoms with Crippen molar-refractivity contribution in [3.8, 4) is 11.1 Å². The molecule has 0 atom stereocenters. The van der Waals surface area contributed by atoms with Crippen LogP contribution in [-0.4, -0.2) is 5.91 Å². The van der Waals surface area contributed by atoms with Crippen molar-refractivity contribution in [1.29, 1.82) is 0 Å². The molecule has 5 heteroatoms. The lowest BCUT2D eigenvalue weighted by atomic mass is 10.0. The third-order valence-electron chi connectivity index (χ3n) is 3.59. The van der Waals surface area contributed by atoms with Gasteiger partial charge < -0.3 is 16.5 Å². The number of amides is 1. The number of nitrogens with one attached hydrogen (secondary N) is 2. The van der Waals surface area contributed by atoms with E-state index in [0.717, 1.165) is 27.9 Å². The molecular formula is C16H16N4O. The van der Waals surface area contributed by atoms with Crippen molar-refractivity contribution in [3.63, 3.8) is 0 Å². The number of carbonyl (C=O) groups excluding carboxylic acids is 1. The molecule has 0 fully saturated rings. The lowest BCUT2D eigenvalue weighted by Crippen LogP contribution is -2.20.